The van der Waals surface area contributed by atoms with Crippen molar-refractivity contribution in [2.75, 3.05) is 27.8 Å². The molecule has 0 saturated heterocycles. The highest BCUT2D eigenvalue weighted by Crippen LogP contribution is 2.36. The van der Waals surface area contributed by atoms with E-state index in [9.17, 15) is 0 Å². The van der Waals surface area contributed by atoms with Gasteiger partial charge in [-0.25, -0.2) is 4.98 Å². The van der Waals surface area contributed by atoms with E-state index in [0.717, 1.165) is 39.7 Å². The lowest BCUT2D eigenvalue weighted by Crippen LogP contribution is -2.37. The maximum absolute atomic E-state index is 5.38. The molecule has 142 valence electrons. The maximum atomic E-state index is 5.38. The lowest BCUT2D eigenvalue weighted by Gasteiger charge is -2.14. The fraction of sp³-hybridized carbons (Fsp3) is 0.444. The van der Waals surface area contributed by atoms with Crippen LogP contribution in [-0.2, 0) is 13.0 Å². The third kappa shape index (κ3) is 5.35. The molecule has 0 aliphatic rings. The van der Waals surface area contributed by atoms with Crippen LogP contribution in [-0.4, -0.2) is 38.8 Å². The standard InChI is InChI=1S/C18H25BrN4O2S/c1-11-12(2)26-16(23-11)6-7-21-18(20-3)22-10-13-8-14(19)17(25-5)15(9-13)24-4/h8-9H,6-7,10H2,1-5H3,(H2,20,21,22). The van der Waals surface area contributed by atoms with E-state index in [0.29, 0.717) is 18.0 Å². The second-order valence-corrected chi connectivity index (χ2v) is 7.81. The predicted octanol–water partition coefficient (Wildman–Crippen LogP) is 3.45. The van der Waals surface area contributed by atoms with Gasteiger partial charge in [-0.2, -0.15) is 0 Å². The summed E-state index contributed by atoms with van der Waals surface area (Å²) in [4.78, 5) is 10.1. The summed E-state index contributed by atoms with van der Waals surface area (Å²) in [7, 11) is 5.01. The monoisotopic (exact) mass is 440 g/mol. The van der Waals surface area contributed by atoms with Gasteiger partial charge in [-0.3, -0.25) is 4.99 Å². The third-order valence-corrected chi connectivity index (χ3v) is 5.60. The number of ether oxygens (including phenoxy) is 2. The van der Waals surface area contributed by atoms with Gasteiger partial charge in [0.15, 0.2) is 17.5 Å². The molecule has 1 aromatic carbocycles. The van der Waals surface area contributed by atoms with Gasteiger partial charge in [0.25, 0.3) is 0 Å². The molecule has 0 aliphatic carbocycles. The van der Waals surface area contributed by atoms with Crippen molar-refractivity contribution < 1.29 is 9.47 Å². The molecule has 26 heavy (non-hydrogen) atoms. The van der Waals surface area contributed by atoms with Crippen molar-refractivity contribution in [3.63, 3.8) is 0 Å². The van der Waals surface area contributed by atoms with Gasteiger partial charge >= 0.3 is 0 Å². The Bertz CT molecular complexity index is 757. The molecule has 0 atom stereocenters. The number of thiazole rings is 1. The maximum Gasteiger partial charge on any atom is 0.191 e. The molecule has 6 nitrogen and oxygen atoms in total. The lowest BCUT2D eigenvalue weighted by atomic mass is 10.2. The number of aliphatic imine (C=N–C) groups is 1. The van der Waals surface area contributed by atoms with E-state index < -0.39 is 0 Å². The summed E-state index contributed by atoms with van der Waals surface area (Å²) < 4.78 is 11.6. The van der Waals surface area contributed by atoms with Crippen molar-refractivity contribution in [3.8, 4) is 11.5 Å². The lowest BCUT2D eigenvalue weighted by molar-refractivity contribution is 0.352. The van der Waals surface area contributed by atoms with E-state index in [1.807, 2.05) is 19.1 Å². The summed E-state index contributed by atoms with van der Waals surface area (Å²) in [5.74, 6) is 2.13. The zero-order valence-electron chi connectivity index (χ0n) is 15.8. The average molecular weight is 441 g/mol. The fourth-order valence-corrected chi connectivity index (χ4v) is 4.00. The van der Waals surface area contributed by atoms with Crippen LogP contribution >= 0.6 is 27.3 Å². The van der Waals surface area contributed by atoms with Crippen molar-refractivity contribution in [2.45, 2.75) is 26.8 Å². The molecule has 2 N–H and O–H groups in total. The largest absolute Gasteiger partial charge is 0.493 e. The second-order valence-electron chi connectivity index (χ2n) is 5.66. The van der Waals surface area contributed by atoms with Crippen molar-refractivity contribution in [1.82, 2.24) is 15.6 Å². The molecule has 1 aromatic heterocycles. The Labute approximate surface area is 167 Å². The molecule has 0 fully saturated rings. The number of nitrogens with one attached hydrogen (secondary N) is 2. The molecule has 0 spiro atoms. The van der Waals surface area contributed by atoms with Crippen molar-refractivity contribution >= 4 is 33.2 Å². The number of hydrogen-bond donors (Lipinski definition) is 2. The highest BCUT2D eigenvalue weighted by Gasteiger charge is 2.11. The van der Waals surface area contributed by atoms with Gasteiger partial charge in [-0.15, -0.1) is 11.3 Å². The first-order valence-corrected chi connectivity index (χ1v) is 9.87. The molecule has 0 saturated carbocycles. The topological polar surface area (TPSA) is 67.8 Å². The number of methoxy groups -OCH3 is 2. The molecule has 0 radical (unpaired) electrons. The molecule has 0 unspecified atom stereocenters. The number of rotatable bonds is 7. The van der Waals surface area contributed by atoms with Gasteiger partial charge in [0.2, 0.25) is 0 Å². The van der Waals surface area contributed by atoms with Gasteiger partial charge in [0.05, 0.1) is 29.4 Å². The van der Waals surface area contributed by atoms with E-state index in [4.69, 9.17) is 9.47 Å². The summed E-state index contributed by atoms with van der Waals surface area (Å²) in [6.07, 6.45) is 0.877. The van der Waals surface area contributed by atoms with E-state index in [1.54, 1.807) is 32.6 Å². The van der Waals surface area contributed by atoms with Crippen LogP contribution in [0.25, 0.3) is 0 Å². The number of aryl methyl sites for hydroxylation is 2. The predicted molar refractivity (Wildman–Crippen MR) is 111 cm³/mol. The summed E-state index contributed by atoms with van der Waals surface area (Å²) in [6, 6.07) is 3.95. The summed E-state index contributed by atoms with van der Waals surface area (Å²) in [6.45, 7) is 5.55. The normalized spacial score (nSPS) is 11.4. The number of hydrogen-bond acceptors (Lipinski definition) is 5. The quantitative estimate of drug-likeness (QED) is 0.509. The smallest absolute Gasteiger partial charge is 0.191 e. The van der Waals surface area contributed by atoms with Gasteiger partial charge in [-0.05, 0) is 47.5 Å². The van der Waals surface area contributed by atoms with E-state index >= 15 is 0 Å². The van der Waals surface area contributed by atoms with Crippen molar-refractivity contribution in [1.29, 1.82) is 0 Å². The first-order valence-electron chi connectivity index (χ1n) is 8.26. The SMILES string of the molecule is CN=C(NCCc1nc(C)c(C)s1)NCc1cc(Br)c(OC)c(OC)c1. The van der Waals surface area contributed by atoms with Crippen LogP contribution in [0.3, 0.4) is 0 Å². The average Bonchev–Trinajstić information content (AvgIpc) is 2.95. The zero-order valence-corrected chi connectivity index (χ0v) is 18.2. The van der Waals surface area contributed by atoms with Crippen molar-refractivity contribution in [3.05, 3.63) is 37.7 Å². The molecule has 0 bridgehead atoms. The van der Waals surface area contributed by atoms with Crippen molar-refractivity contribution in [2.24, 2.45) is 4.99 Å². The minimum atomic E-state index is 0.619. The Kier molecular flexibility index (Phi) is 7.71. The number of nitrogens with zero attached hydrogens (tertiary/aromatic N) is 2. The Morgan fingerprint density at radius 1 is 1.23 bits per heavy atom. The number of halogens is 1. The van der Waals surface area contributed by atoms with Gasteiger partial charge in [0.1, 0.15) is 0 Å². The highest BCUT2D eigenvalue weighted by molar-refractivity contribution is 9.10. The second kappa shape index (κ2) is 9.78. The minimum Gasteiger partial charge on any atom is -0.493 e. The Morgan fingerprint density at radius 2 is 2.00 bits per heavy atom. The van der Waals surface area contributed by atoms with Gasteiger partial charge in [-0.1, -0.05) is 0 Å². The molecular formula is C18H25BrN4O2S. The van der Waals surface area contributed by atoms with E-state index in [1.165, 1.54) is 4.88 Å². The van der Waals surface area contributed by atoms with E-state index in [-0.39, 0.29) is 0 Å². The fourth-order valence-electron chi connectivity index (χ4n) is 2.41. The highest BCUT2D eigenvalue weighted by atomic mass is 79.9. The van der Waals surface area contributed by atoms with Crippen LogP contribution in [0.5, 0.6) is 11.5 Å². The Morgan fingerprint density at radius 3 is 2.58 bits per heavy atom. The van der Waals surface area contributed by atoms with Gasteiger partial charge < -0.3 is 20.1 Å². The van der Waals surface area contributed by atoms with E-state index in [2.05, 4.69) is 43.5 Å². The van der Waals surface area contributed by atoms with Crippen LogP contribution in [0.4, 0.5) is 0 Å². The first-order chi connectivity index (χ1) is 12.5. The first kappa shape index (κ1) is 20.5. The zero-order chi connectivity index (χ0) is 19.1. The summed E-state index contributed by atoms with van der Waals surface area (Å²) in [5, 5.41) is 7.77. The molecule has 0 amide bonds. The van der Waals surface area contributed by atoms with Gasteiger partial charge in [0, 0.05) is 31.4 Å². The molecular weight excluding hydrogens is 416 g/mol. The minimum absolute atomic E-state index is 0.619. The number of guanidine groups is 1. The van der Waals surface area contributed by atoms with Crippen LogP contribution in [0, 0.1) is 13.8 Å². The molecule has 1 heterocycles. The third-order valence-electron chi connectivity index (χ3n) is 3.88. The number of aromatic nitrogens is 1. The molecule has 8 heteroatoms. The summed E-state index contributed by atoms with van der Waals surface area (Å²) in [5.41, 5.74) is 2.18. The van der Waals surface area contributed by atoms with Crippen LogP contribution < -0.4 is 20.1 Å². The summed E-state index contributed by atoms with van der Waals surface area (Å²) >= 11 is 5.26. The molecule has 0 aliphatic heterocycles. The molecule has 2 rings (SSSR count). The molecule has 2 aromatic rings. The van der Waals surface area contributed by atoms with Crippen LogP contribution in [0.15, 0.2) is 21.6 Å². The Balaban J connectivity index is 1.89. The number of benzene rings is 1. The Hall–Kier alpha value is -1.80. The van der Waals surface area contributed by atoms with Crippen LogP contribution in [0.2, 0.25) is 0 Å². The van der Waals surface area contributed by atoms with Crippen LogP contribution in [0.1, 0.15) is 21.1 Å².